The third-order valence-corrected chi connectivity index (χ3v) is 10.9. The summed E-state index contributed by atoms with van der Waals surface area (Å²) >= 11 is 1.76. The number of thiazole rings is 1. The molecule has 8 nitrogen and oxygen atoms in total. The third-order valence-electron chi connectivity index (χ3n) is 7.98. The van der Waals surface area contributed by atoms with Crippen LogP contribution in [-0.2, 0) is 22.9 Å². The second-order valence-electron chi connectivity index (χ2n) is 10.6. The molecule has 1 saturated heterocycles. The lowest BCUT2D eigenvalue weighted by Crippen LogP contribution is -2.48. The molecule has 4 aromatic rings. The lowest BCUT2D eigenvalue weighted by molar-refractivity contribution is 0.0947. The van der Waals surface area contributed by atoms with Crippen LogP contribution in [0.25, 0.3) is 10.2 Å². The van der Waals surface area contributed by atoms with E-state index in [1.807, 2.05) is 24.3 Å². The number of nitrogens with one attached hydrogen (secondary N) is 1. The summed E-state index contributed by atoms with van der Waals surface area (Å²) in [6, 6.07) is 20.4. The summed E-state index contributed by atoms with van der Waals surface area (Å²) in [7, 11) is -3.70. The van der Waals surface area contributed by atoms with Crippen molar-refractivity contribution in [1.82, 2.24) is 15.2 Å². The van der Waals surface area contributed by atoms with Gasteiger partial charge in [0.05, 0.1) is 20.8 Å². The summed E-state index contributed by atoms with van der Waals surface area (Å²) in [5.41, 5.74) is 4.64. The first-order valence-corrected chi connectivity index (χ1v) is 16.5. The Balaban J connectivity index is 0.994. The predicted molar refractivity (Wildman–Crippen MR) is 166 cm³/mol. The van der Waals surface area contributed by atoms with Gasteiger partial charge in [-0.1, -0.05) is 42.5 Å². The molecule has 1 N–H and O–H groups in total. The maximum absolute atomic E-state index is 13.4. The van der Waals surface area contributed by atoms with E-state index in [-0.39, 0.29) is 10.8 Å². The van der Waals surface area contributed by atoms with E-state index in [4.69, 9.17) is 4.98 Å². The van der Waals surface area contributed by atoms with Crippen molar-refractivity contribution in [1.29, 1.82) is 0 Å². The van der Waals surface area contributed by atoms with Crippen molar-refractivity contribution in [3.05, 3.63) is 83.4 Å². The van der Waals surface area contributed by atoms with E-state index in [0.717, 1.165) is 73.9 Å². The Morgan fingerprint density at radius 2 is 1.76 bits per heavy atom. The van der Waals surface area contributed by atoms with Crippen LogP contribution in [0.4, 0.5) is 10.8 Å². The lowest BCUT2D eigenvalue weighted by Gasteiger charge is -2.34. The molecule has 10 heteroatoms. The van der Waals surface area contributed by atoms with Gasteiger partial charge in [-0.05, 0) is 72.9 Å². The Kier molecular flexibility index (Phi) is 7.96. The number of aryl methyl sites for hydroxylation is 2. The van der Waals surface area contributed by atoms with Crippen LogP contribution in [0, 0.1) is 0 Å². The van der Waals surface area contributed by atoms with Crippen LogP contribution in [-0.4, -0.2) is 70.0 Å². The SMILES string of the molecule is CCc1ccc2nc(N3CCN(CCNC(=O)c4ccc(S(=O)(=O)N5CCCc6ccccc65)cc4)CC3)sc2c1. The van der Waals surface area contributed by atoms with Gasteiger partial charge in [-0.3, -0.25) is 14.0 Å². The van der Waals surface area contributed by atoms with Gasteiger partial charge in [0.25, 0.3) is 15.9 Å². The number of para-hydroxylation sites is 1. The van der Waals surface area contributed by atoms with Gasteiger partial charge in [-0.15, -0.1) is 0 Å². The molecular weight excluding hydrogens is 555 g/mol. The van der Waals surface area contributed by atoms with Crippen LogP contribution >= 0.6 is 11.3 Å². The van der Waals surface area contributed by atoms with Gasteiger partial charge < -0.3 is 10.2 Å². The molecule has 0 bridgehead atoms. The number of anilines is 2. The zero-order valence-electron chi connectivity index (χ0n) is 23.3. The first-order chi connectivity index (χ1) is 19.9. The Morgan fingerprint density at radius 3 is 2.54 bits per heavy atom. The zero-order valence-corrected chi connectivity index (χ0v) is 24.9. The first kappa shape index (κ1) is 27.7. The Hall–Kier alpha value is -3.47. The van der Waals surface area contributed by atoms with Gasteiger partial charge in [0, 0.05) is 51.4 Å². The number of amides is 1. The number of hydrogen-bond acceptors (Lipinski definition) is 7. The number of nitrogens with zero attached hydrogens (tertiary/aromatic N) is 4. The number of carbonyl (C=O) groups excluding carboxylic acids is 1. The van der Waals surface area contributed by atoms with Gasteiger partial charge >= 0.3 is 0 Å². The summed E-state index contributed by atoms with van der Waals surface area (Å²) in [4.78, 5) is 22.5. The van der Waals surface area contributed by atoms with Crippen molar-refractivity contribution in [2.45, 2.75) is 31.1 Å². The number of rotatable bonds is 8. The summed E-state index contributed by atoms with van der Waals surface area (Å²) in [6.07, 6.45) is 2.69. The highest BCUT2D eigenvalue weighted by Gasteiger charge is 2.29. The van der Waals surface area contributed by atoms with Crippen LogP contribution < -0.4 is 14.5 Å². The average molecular weight is 590 g/mol. The summed E-state index contributed by atoms with van der Waals surface area (Å²) < 4.78 is 29.5. The van der Waals surface area contributed by atoms with Crippen molar-refractivity contribution in [2.24, 2.45) is 0 Å². The van der Waals surface area contributed by atoms with Crippen molar-refractivity contribution < 1.29 is 13.2 Å². The maximum Gasteiger partial charge on any atom is 0.264 e. The molecule has 0 spiro atoms. The van der Waals surface area contributed by atoms with Gasteiger partial charge in [0.1, 0.15) is 0 Å². The molecule has 3 aromatic carbocycles. The predicted octanol–water partition coefficient (Wildman–Crippen LogP) is 4.55. The zero-order chi connectivity index (χ0) is 28.4. The first-order valence-electron chi connectivity index (χ1n) is 14.3. The summed E-state index contributed by atoms with van der Waals surface area (Å²) in [6.45, 7) is 7.57. The van der Waals surface area contributed by atoms with Crippen molar-refractivity contribution in [3.63, 3.8) is 0 Å². The molecule has 0 aliphatic carbocycles. The molecule has 0 atom stereocenters. The highest BCUT2D eigenvalue weighted by atomic mass is 32.2. The number of aromatic nitrogens is 1. The molecule has 6 rings (SSSR count). The molecular formula is C31H35N5O3S2. The molecule has 2 aliphatic heterocycles. The van der Waals surface area contributed by atoms with E-state index in [0.29, 0.717) is 18.7 Å². The smallest absolute Gasteiger partial charge is 0.264 e. The van der Waals surface area contributed by atoms with Gasteiger partial charge in [-0.2, -0.15) is 0 Å². The van der Waals surface area contributed by atoms with Gasteiger partial charge in [-0.25, -0.2) is 13.4 Å². The number of benzene rings is 3. The fraction of sp³-hybridized carbons (Fsp3) is 0.355. The minimum atomic E-state index is -3.70. The second-order valence-corrected chi connectivity index (χ2v) is 13.4. The van der Waals surface area contributed by atoms with Crippen molar-refractivity contribution in [2.75, 3.05) is 55.0 Å². The second kappa shape index (κ2) is 11.8. The standard InChI is InChI=1S/C31H35N5O3S2/c1-2-23-9-14-27-29(22-23)40-31(33-27)35-20-18-34(19-21-35)17-15-32-30(37)25-10-12-26(13-11-25)41(38,39)36-16-5-7-24-6-3-4-8-28(24)36/h3-4,6,8-14,22H,2,5,7,15-21H2,1H3,(H,32,37). The van der Waals surface area contributed by atoms with E-state index in [1.54, 1.807) is 23.5 Å². The van der Waals surface area contributed by atoms with E-state index in [2.05, 4.69) is 40.2 Å². The molecule has 1 aromatic heterocycles. The van der Waals surface area contributed by atoms with Crippen LogP contribution in [0.1, 0.15) is 34.8 Å². The minimum absolute atomic E-state index is 0.197. The topological polar surface area (TPSA) is 85.9 Å². The van der Waals surface area contributed by atoms with E-state index in [9.17, 15) is 13.2 Å². The third kappa shape index (κ3) is 5.82. The van der Waals surface area contributed by atoms with E-state index in [1.165, 1.54) is 26.7 Å². The monoisotopic (exact) mass is 589 g/mol. The number of piperazine rings is 1. The number of hydrogen-bond donors (Lipinski definition) is 1. The normalized spacial score (nSPS) is 16.1. The largest absolute Gasteiger partial charge is 0.351 e. The highest BCUT2D eigenvalue weighted by Crippen LogP contribution is 2.32. The molecule has 3 heterocycles. The summed E-state index contributed by atoms with van der Waals surface area (Å²) in [5.74, 6) is -0.197. The quantitative estimate of drug-likeness (QED) is 0.325. The van der Waals surface area contributed by atoms with Crippen molar-refractivity contribution >= 4 is 48.3 Å². The number of carbonyl (C=O) groups is 1. The molecule has 0 saturated carbocycles. The number of fused-ring (bicyclic) bond motifs is 2. The van der Waals surface area contributed by atoms with E-state index < -0.39 is 10.0 Å². The molecule has 1 fully saturated rings. The fourth-order valence-electron chi connectivity index (χ4n) is 5.56. The molecule has 0 radical (unpaired) electrons. The van der Waals surface area contributed by atoms with Crippen LogP contribution in [0.15, 0.2) is 71.6 Å². The Labute approximate surface area is 245 Å². The maximum atomic E-state index is 13.4. The highest BCUT2D eigenvalue weighted by molar-refractivity contribution is 7.92. The van der Waals surface area contributed by atoms with Crippen molar-refractivity contribution in [3.8, 4) is 0 Å². The molecule has 41 heavy (non-hydrogen) atoms. The summed E-state index contributed by atoms with van der Waals surface area (Å²) in [5, 5.41) is 4.07. The Morgan fingerprint density at radius 1 is 0.976 bits per heavy atom. The average Bonchev–Trinajstić information content (AvgIpc) is 3.44. The minimum Gasteiger partial charge on any atom is -0.351 e. The van der Waals surface area contributed by atoms with Crippen LogP contribution in [0.2, 0.25) is 0 Å². The van der Waals surface area contributed by atoms with Gasteiger partial charge in [0.15, 0.2) is 5.13 Å². The van der Waals surface area contributed by atoms with Crippen LogP contribution in [0.5, 0.6) is 0 Å². The number of sulfonamides is 1. The molecule has 0 unspecified atom stereocenters. The van der Waals surface area contributed by atoms with Gasteiger partial charge in [0.2, 0.25) is 0 Å². The molecule has 1 amide bonds. The molecule has 2 aliphatic rings. The molecule has 214 valence electrons. The van der Waals surface area contributed by atoms with Crippen LogP contribution in [0.3, 0.4) is 0 Å². The lowest BCUT2D eigenvalue weighted by atomic mass is 10.0. The fourth-order valence-corrected chi connectivity index (χ4v) is 8.18. The van der Waals surface area contributed by atoms with E-state index >= 15 is 0 Å². The Bertz CT molecular complexity index is 1640.